The van der Waals surface area contributed by atoms with Crippen molar-refractivity contribution >= 4 is 10.9 Å². The molecule has 1 aliphatic rings. The Bertz CT molecular complexity index is 757. The summed E-state index contributed by atoms with van der Waals surface area (Å²) in [5.74, 6) is -0.399. The van der Waals surface area contributed by atoms with Crippen LogP contribution < -0.4 is 5.43 Å². The molecule has 0 spiro atoms. The van der Waals surface area contributed by atoms with Gasteiger partial charge in [0.25, 0.3) is 0 Å². The molecule has 1 fully saturated rings. The minimum absolute atomic E-state index is 0.0539. The molecule has 1 aliphatic heterocycles. The maximum absolute atomic E-state index is 13.9. The Morgan fingerprint density at radius 1 is 1.16 bits per heavy atom. The third-order valence-corrected chi connectivity index (χ3v) is 4.52. The van der Waals surface area contributed by atoms with Crippen LogP contribution in [0.15, 0.2) is 29.1 Å². The number of fused-ring (bicyclic) bond motifs is 1. The molecule has 7 heteroatoms. The number of nitrogens with one attached hydrogen (secondary N) is 1. The number of hydrogen-bond acceptors (Lipinski definition) is 5. The van der Waals surface area contributed by atoms with Crippen LogP contribution in [0.4, 0.5) is 4.39 Å². The van der Waals surface area contributed by atoms with Crippen molar-refractivity contribution in [3.63, 3.8) is 0 Å². The number of aromatic nitrogens is 1. The van der Waals surface area contributed by atoms with Crippen molar-refractivity contribution in [2.75, 3.05) is 52.5 Å². The van der Waals surface area contributed by atoms with Gasteiger partial charge in [-0.25, -0.2) is 4.39 Å². The summed E-state index contributed by atoms with van der Waals surface area (Å²) < 4.78 is 19.2. The molecule has 0 saturated carbocycles. The third kappa shape index (κ3) is 4.64. The molecule has 2 heterocycles. The van der Waals surface area contributed by atoms with Crippen LogP contribution in [0, 0.1) is 5.82 Å². The highest BCUT2D eigenvalue weighted by atomic mass is 19.1. The molecule has 0 amide bonds. The summed E-state index contributed by atoms with van der Waals surface area (Å²) in [6.45, 7) is 6.14. The summed E-state index contributed by atoms with van der Waals surface area (Å²) in [5, 5.41) is 9.07. The van der Waals surface area contributed by atoms with E-state index < -0.39 is 5.82 Å². The van der Waals surface area contributed by atoms with Crippen molar-refractivity contribution in [3.8, 4) is 0 Å². The van der Waals surface area contributed by atoms with Crippen molar-refractivity contribution in [1.29, 1.82) is 0 Å². The largest absolute Gasteiger partial charge is 0.394 e. The summed E-state index contributed by atoms with van der Waals surface area (Å²) in [4.78, 5) is 19.8. The highest BCUT2D eigenvalue weighted by Crippen LogP contribution is 2.14. The summed E-state index contributed by atoms with van der Waals surface area (Å²) >= 11 is 0. The normalized spacial score (nSPS) is 16.6. The Labute approximate surface area is 145 Å². The first-order valence-electron chi connectivity index (χ1n) is 8.61. The molecule has 3 rings (SSSR count). The van der Waals surface area contributed by atoms with Gasteiger partial charge >= 0.3 is 0 Å². The minimum Gasteiger partial charge on any atom is -0.394 e. The number of aliphatic hydroxyl groups is 1. The van der Waals surface area contributed by atoms with Crippen LogP contribution in [0.25, 0.3) is 10.9 Å². The van der Waals surface area contributed by atoms with Crippen molar-refractivity contribution in [3.05, 3.63) is 46.0 Å². The van der Waals surface area contributed by atoms with Crippen LogP contribution in [0.3, 0.4) is 0 Å². The van der Waals surface area contributed by atoms with Crippen LogP contribution in [0.2, 0.25) is 0 Å². The number of benzene rings is 1. The van der Waals surface area contributed by atoms with E-state index in [0.717, 1.165) is 38.4 Å². The lowest BCUT2D eigenvalue weighted by Crippen LogP contribution is -2.47. The van der Waals surface area contributed by atoms with Gasteiger partial charge in [-0.2, -0.15) is 0 Å². The fraction of sp³-hybridized carbons (Fsp3) is 0.500. The lowest BCUT2D eigenvalue weighted by Gasteiger charge is -2.34. The molecular formula is C18H24FN3O3. The number of pyridine rings is 1. The number of para-hydroxylation sites is 1. The quantitative estimate of drug-likeness (QED) is 0.724. The Balaban J connectivity index is 1.56. The van der Waals surface area contributed by atoms with Gasteiger partial charge in [-0.1, -0.05) is 6.07 Å². The number of aliphatic hydroxyl groups excluding tert-OH is 1. The van der Waals surface area contributed by atoms with Gasteiger partial charge in [0.15, 0.2) is 5.43 Å². The second-order valence-electron chi connectivity index (χ2n) is 6.27. The van der Waals surface area contributed by atoms with Gasteiger partial charge in [0.2, 0.25) is 0 Å². The summed E-state index contributed by atoms with van der Waals surface area (Å²) in [6, 6.07) is 6.12. The van der Waals surface area contributed by atoms with Crippen LogP contribution in [-0.4, -0.2) is 72.4 Å². The van der Waals surface area contributed by atoms with Crippen molar-refractivity contribution < 1.29 is 14.2 Å². The summed E-state index contributed by atoms with van der Waals surface area (Å²) in [6.07, 6.45) is 0. The van der Waals surface area contributed by atoms with Crippen molar-refractivity contribution in [1.82, 2.24) is 14.8 Å². The van der Waals surface area contributed by atoms with Crippen LogP contribution >= 0.6 is 0 Å². The van der Waals surface area contributed by atoms with Crippen molar-refractivity contribution in [2.24, 2.45) is 0 Å². The van der Waals surface area contributed by atoms with Crippen LogP contribution in [0.5, 0.6) is 0 Å². The number of hydrogen-bond donors (Lipinski definition) is 2. The third-order valence-electron chi connectivity index (χ3n) is 4.52. The number of halogens is 1. The number of H-pyrrole nitrogens is 1. The highest BCUT2D eigenvalue weighted by Gasteiger charge is 2.17. The maximum atomic E-state index is 13.9. The molecule has 0 radical (unpaired) electrons. The molecule has 0 aliphatic carbocycles. The maximum Gasteiger partial charge on any atom is 0.189 e. The van der Waals surface area contributed by atoms with Gasteiger partial charge in [-0.3, -0.25) is 14.6 Å². The van der Waals surface area contributed by atoms with Crippen LogP contribution in [0.1, 0.15) is 5.69 Å². The second kappa shape index (κ2) is 8.53. The first-order valence-corrected chi connectivity index (χ1v) is 8.61. The average Bonchev–Trinajstić information content (AvgIpc) is 2.61. The molecule has 6 nitrogen and oxygen atoms in total. The van der Waals surface area contributed by atoms with Gasteiger partial charge in [-0.05, 0) is 12.1 Å². The van der Waals surface area contributed by atoms with E-state index in [-0.39, 0.29) is 17.6 Å². The van der Waals surface area contributed by atoms with E-state index in [9.17, 15) is 9.18 Å². The number of aromatic amines is 1. The molecule has 2 N–H and O–H groups in total. The van der Waals surface area contributed by atoms with Crippen LogP contribution in [-0.2, 0) is 11.3 Å². The van der Waals surface area contributed by atoms with Gasteiger partial charge in [0.1, 0.15) is 5.82 Å². The molecule has 0 atom stereocenters. The average molecular weight is 349 g/mol. The summed E-state index contributed by atoms with van der Waals surface area (Å²) in [7, 11) is 0. The second-order valence-corrected chi connectivity index (χ2v) is 6.27. The molecule has 0 unspecified atom stereocenters. The summed E-state index contributed by atoms with van der Waals surface area (Å²) in [5.41, 5.74) is 0.870. The van der Waals surface area contributed by atoms with Gasteiger partial charge in [0, 0.05) is 56.4 Å². The fourth-order valence-corrected chi connectivity index (χ4v) is 3.15. The predicted octanol–water partition coefficient (Wildman–Crippen LogP) is 0.794. The molecule has 0 bridgehead atoms. The topological polar surface area (TPSA) is 68.8 Å². The Morgan fingerprint density at radius 2 is 1.92 bits per heavy atom. The van der Waals surface area contributed by atoms with E-state index >= 15 is 0 Å². The van der Waals surface area contributed by atoms with Crippen molar-refractivity contribution in [2.45, 2.75) is 6.54 Å². The Morgan fingerprint density at radius 3 is 2.68 bits per heavy atom. The lowest BCUT2D eigenvalue weighted by atomic mass is 10.1. The molecule has 136 valence electrons. The predicted molar refractivity (Wildman–Crippen MR) is 94.1 cm³/mol. The molecule has 1 aromatic carbocycles. The molecule has 2 aromatic rings. The zero-order valence-electron chi connectivity index (χ0n) is 14.2. The zero-order valence-corrected chi connectivity index (χ0v) is 14.2. The van der Waals surface area contributed by atoms with E-state index in [4.69, 9.17) is 9.84 Å². The van der Waals surface area contributed by atoms with E-state index in [2.05, 4.69) is 14.8 Å². The smallest absolute Gasteiger partial charge is 0.189 e. The highest BCUT2D eigenvalue weighted by molar-refractivity contribution is 5.78. The number of piperazine rings is 1. The first kappa shape index (κ1) is 18.0. The van der Waals surface area contributed by atoms with Gasteiger partial charge in [-0.15, -0.1) is 0 Å². The Hall–Kier alpha value is -1.80. The molecule has 1 aromatic heterocycles. The Kier molecular flexibility index (Phi) is 6.14. The minimum atomic E-state index is -0.399. The van der Waals surface area contributed by atoms with E-state index in [1.165, 1.54) is 6.07 Å². The standard InChI is InChI=1S/C18H24FN3O3/c19-16-3-1-2-15-17(24)12-14(20-18(15)16)13-22-6-4-21(5-7-22)8-10-25-11-9-23/h1-3,12,23H,4-11,13H2,(H,20,24). The lowest BCUT2D eigenvalue weighted by molar-refractivity contribution is 0.0562. The SMILES string of the molecule is O=c1cc(CN2CCN(CCOCCO)CC2)[nH]c2c(F)cccc12. The van der Waals surface area contributed by atoms with E-state index in [0.29, 0.717) is 25.1 Å². The zero-order chi connectivity index (χ0) is 17.6. The molecular weight excluding hydrogens is 325 g/mol. The monoisotopic (exact) mass is 349 g/mol. The van der Waals surface area contributed by atoms with E-state index in [1.807, 2.05) is 0 Å². The van der Waals surface area contributed by atoms with Gasteiger partial charge in [0.05, 0.1) is 25.3 Å². The molecule has 1 saturated heterocycles. The van der Waals surface area contributed by atoms with E-state index in [1.54, 1.807) is 18.2 Å². The number of nitrogens with zero attached hydrogens (tertiary/aromatic N) is 2. The number of ether oxygens (including phenoxy) is 1. The first-order chi connectivity index (χ1) is 12.2. The molecule has 25 heavy (non-hydrogen) atoms. The number of rotatable bonds is 7. The fourth-order valence-electron chi connectivity index (χ4n) is 3.15. The van der Waals surface area contributed by atoms with Gasteiger partial charge < -0.3 is 14.8 Å².